The maximum Gasteiger partial charge on any atom is 0.337 e. The number of aromatic nitrogens is 1. The first-order valence-corrected chi connectivity index (χ1v) is 6.40. The first-order chi connectivity index (χ1) is 9.38. The molecule has 20 heavy (non-hydrogen) atoms. The number of benzene rings is 1. The average Bonchev–Trinajstić information content (AvgIpc) is 2.71. The third-order valence-corrected chi connectivity index (χ3v) is 3.36. The Morgan fingerprint density at radius 1 is 1.15 bits per heavy atom. The number of rotatable bonds is 3. The van der Waals surface area contributed by atoms with E-state index >= 15 is 0 Å². The molecule has 0 atom stereocenters. The van der Waals surface area contributed by atoms with Crippen molar-refractivity contribution in [2.24, 2.45) is 0 Å². The van der Waals surface area contributed by atoms with Crippen LogP contribution in [0.4, 0.5) is 5.69 Å². The third-order valence-electron chi connectivity index (χ3n) is 2.43. The minimum absolute atomic E-state index is 0.116. The monoisotopic (exact) mass is 332 g/mol. The number of hydrogen-bond donors (Lipinski definition) is 3. The molecule has 0 radical (unpaired) electrons. The Hall–Kier alpha value is -1.69. The maximum absolute atomic E-state index is 12.0. The molecule has 2 rings (SSSR count). The van der Waals surface area contributed by atoms with Gasteiger partial charge in [-0.25, -0.2) is 4.79 Å². The van der Waals surface area contributed by atoms with Gasteiger partial charge in [-0.3, -0.25) is 4.79 Å². The number of hydrogen-bond acceptors (Lipinski definition) is 2. The van der Waals surface area contributed by atoms with Crippen molar-refractivity contribution >= 4 is 52.4 Å². The Morgan fingerprint density at radius 2 is 1.85 bits per heavy atom. The van der Waals surface area contributed by atoms with E-state index in [1.807, 2.05) is 0 Å². The summed E-state index contributed by atoms with van der Waals surface area (Å²) in [5, 5.41) is 12.1. The lowest BCUT2D eigenvalue weighted by molar-refractivity contribution is 0.0698. The van der Waals surface area contributed by atoms with E-state index in [2.05, 4.69) is 10.3 Å². The molecule has 0 unspecified atom stereocenters. The topological polar surface area (TPSA) is 82.2 Å². The number of carboxylic acid groups (broad SMARTS) is 1. The van der Waals surface area contributed by atoms with Crippen LogP contribution in [0.5, 0.6) is 0 Å². The van der Waals surface area contributed by atoms with E-state index in [4.69, 9.17) is 39.9 Å². The zero-order valence-electron chi connectivity index (χ0n) is 9.71. The van der Waals surface area contributed by atoms with Gasteiger partial charge in [-0.05, 0) is 24.3 Å². The van der Waals surface area contributed by atoms with E-state index in [1.54, 1.807) is 0 Å². The van der Waals surface area contributed by atoms with Gasteiger partial charge in [-0.15, -0.1) is 0 Å². The SMILES string of the molecule is O=C(Nc1ccc(Cl)cc1C(=O)O)c1cc(Cl)c(Cl)[nH]1. The lowest BCUT2D eigenvalue weighted by Gasteiger charge is -2.07. The third kappa shape index (κ3) is 3.07. The van der Waals surface area contributed by atoms with Crippen LogP contribution in [-0.2, 0) is 0 Å². The fourth-order valence-electron chi connectivity index (χ4n) is 1.52. The second-order valence-electron chi connectivity index (χ2n) is 3.79. The lowest BCUT2D eigenvalue weighted by atomic mass is 10.1. The number of H-pyrrole nitrogens is 1. The maximum atomic E-state index is 12.0. The van der Waals surface area contributed by atoms with E-state index in [9.17, 15) is 9.59 Å². The van der Waals surface area contributed by atoms with E-state index in [0.717, 1.165) is 0 Å². The first kappa shape index (κ1) is 14.7. The normalized spacial score (nSPS) is 10.3. The number of carbonyl (C=O) groups excluding carboxylic acids is 1. The summed E-state index contributed by atoms with van der Waals surface area (Å²) in [4.78, 5) is 25.6. The number of halogens is 3. The van der Waals surface area contributed by atoms with Gasteiger partial charge in [0.2, 0.25) is 0 Å². The molecular formula is C12H7Cl3N2O3. The second kappa shape index (κ2) is 5.75. The van der Waals surface area contributed by atoms with Crippen molar-refractivity contribution < 1.29 is 14.7 Å². The molecule has 3 N–H and O–H groups in total. The highest BCUT2D eigenvalue weighted by Gasteiger charge is 2.16. The summed E-state index contributed by atoms with van der Waals surface area (Å²) in [6.45, 7) is 0. The summed E-state index contributed by atoms with van der Waals surface area (Å²) in [5.74, 6) is -1.77. The van der Waals surface area contributed by atoms with Crippen molar-refractivity contribution in [3.05, 3.63) is 50.7 Å². The van der Waals surface area contributed by atoms with Gasteiger partial charge in [-0.1, -0.05) is 34.8 Å². The Bertz CT molecular complexity index is 678. The smallest absolute Gasteiger partial charge is 0.337 e. The standard InChI is InChI=1S/C12H7Cl3N2O3/c13-5-1-2-8(6(3-5)12(19)20)17-11(18)9-4-7(14)10(15)16-9/h1-4,16H,(H,17,18)(H,19,20). The molecule has 0 spiro atoms. The quantitative estimate of drug-likeness (QED) is 0.796. The number of anilines is 1. The number of nitrogens with one attached hydrogen (secondary N) is 2. The van der Waals surface area contributed by atoms with E-state index < -0.39 is 11.9 Å². The summed E-state index contributed by atoms with van der Waals surface area (Å²) in [6.07, 6.45) is 0. The minimum Gasteiger partial charge on any atom is -0.478 e. The molecule has 1 heterocycles. The van der Waals surface area contributed by atoms with Crippen LogP contribution >= 0.6 is 34.8 Å². The fourth-order valence-corrected chi connectivity index (χ4v) is 2.00. The average molecular weight is 334 g/mol. The van der Waals surface area contributed by atoms with Gasteiger partial charge in [-0.2, -0.15) is 0 Å². The molecule has 0 bridgehead atoms. The molecule has 104 valence electrons. The zero-order valence-corrected chi connectivity index (χ0v) is 12.0. The van der Waals surface area contributed by atoms with Crippen LogP contribution in [0, 0.1) is 0 Å². The van der Waals surface area contributed by atoms with Crippen molar-refractivity contribution in [3.63, 3.8) is 0 Å². The zero-order chi connectivity index (χ0) is 14.9. The summed E-state index contributed by atoms with van der Waals surface area (Å²) >= 11 is 17.1. The lowest BCUT2D eigenvalue weighted by Crippen LogP contribution is -2.15. The predicted octanol–water partition coefficient (Wildman–Crippen LogP) is 3.93. The number of aromatic carboxylic acids is 1. The minimum atomic E-state index is -1.20. The molecule has 0 aliphatic heterocycles. The van der Waals surface area contributed by atoms with Crippen LogP contribution in [0.2, 0.25) is 15.2 Å². The molecule has 8 heteroatoms. The Kier molecular flexibility index (Phi) is 4.23. The molecule has 1 aromatic heterocycles. The fraction of sp³-hybridized carbons (Fsp3) is 0. The number of carbonyl (C=O) groups is 2. The van der Waals surface area contributed by atoms with Crippen LogP contribution in [-0.4, -0.2) is 22.0 Å². The highest BCUT2D eigenvalue weighted by molar-refractivity contribution is 6.41. The number of carboxylic acids is 1. The summed E-state index contributed by atoms with van der Waals surface area (Å²) in [5.41, 5.74) is 0.120. The summed E-state index contributed by atoms with van der Waals surface area (Å²) < 4.78 is 0. The van der Waals surface area contributed by atoms with Crippen molar-refractivity contribution in [1.82, 2.24) is 4.98 Å². The van der Waals surface area contributed by atoms with Crippen LogP contribution in [0.1, 0.15) is 20.8 Å². The van der Waals surface area contributed by atoms with E-state index in [-0.39, 0.29) is 32.1 Å². The highest BCUT2D eigenvalue weighted by atomic mass is 35.5. The van der Waals surface area contributed by atoms with Gasteiger partial charge in [0, 0.05) is 5.02 Å². The highest BCUT2D eigenvalue weighted by Crippen LogP contribution is 2.24. The van der Waals surface area contributed by atoms with Crippen molar-refractivity contribution in [1.29, 1.82) is 0 Å². The molecule has 0 saturated carbocycles. The van der Waals surface area contributed by atoms with Crippen LogP contribution in [0.25, 0.3) is 0 Å². The second-order valence-corrected chi connectivity index (χ2v) is 5.02. The van der Waals surface area contributed by atoms with Crippen molar-refractivity contribution in [2.45, 2.75) is 0 Å². The van der Waals surface area contributed by atoms with Gasteiger partial charge >= 0.3 is 5.97 Å². The van der Waals surface area contributed by atoms with E-state index in [0.29, 0.717) is 0 Å². The van der Waals surface area contributed by atoms with Crippen LogP contribution < -0.4 is 5.32 Å². The molecule has 1 amide bonds. The van der Waals surface area contributed by atoms with Crippen molar-refractivity contribution in [2.75, 3.05) is 5.32 Å². The Morgan fingerprint density at radius 3 is 2.40 bits per heavy atom. The van der Waals surface area contributed by atoms with Gasteiger partial charge < -0.3 is 15.4 Å². The Balaban J connectivity index is 2.30. The molecule has 1 aromatic carbocycles. The van der Waals surface area contributed by atoms with Crippen LogP contribution in [0.15, 0.2) is 24.3 Å². The molecule has 0 saturated heterocycles. The number of aromatic amines is 1. The predicted molar refractivity (Wildman–Crippen MR) is 77.2 cm³/mol. The van der Waals surface area contributed by atoms with Gasteiger partial charge in [0.25, 0.3) is 5.91 Å². The van der Waals surface area contributed by atoms with Crippen LogP contribution in [0.3, 0.4) is 0 Å². The molecule has 0 aliphatic rings. The molecule has 0 fully saturated rings. The van der Waals surface area contributed by atoms with Gasteiger partial charge in [0.15, 0.2) is 0 Å². The van der Waals surface area contributed by atoms with Gasteiger partial charge in [0.1, 0.15) is 10.8 Å². The molecule has 0 aliphatic carbocycles. The summed E-state index contributed by atoms with van der Waals surface area (Å²) in [7, 11) is 0. The Labute approximate surface area is 128 Å². The first-order valence-electron chi connectivity index (χ1n) is 5.26. The van der Waals surface area contributed by atoms with Gasteiger partial charge in [0.05, 0.1) is 16.3 Å². The van der Waals surface area contributed by atoms with Crippen molar-refractivity contribution in [3.8, 4) is 0 Å². The number of amides is 1. The summed E-state index contributed by atoms with van der Waals surface area (Å²) in [6, 6.07) is 5.46. The molecule has 5 nitrogen and oxygen atoms in total. The molecular weight excluding hydrogens is 327 g/mol. The van der Waals surface area contributed by atoms with E-state index in [1.165, 1.54) is 24.3 Å². The molecule has 2 aromatic rings. The largest absolute Gasteiger partial charge is 0.478 e.